The lowest BCUT2D eigenvalue weighted by atomic mass is 9.81. The van der Waals surface area contributed by atoms with E-state index in [4.69, 9.17) is 9.47 Å². The van der Waals surface area contributed by atoms with Gasteiger partial charge in [0.25, 0.3) is 0 Å². The van der Waals surface area contributed by atoms with E-state index in [0.29, 0.717) is 11.3 Å². The lowest BCUT2D eigenvalue weighted by Gasteiger charge is -2.34. The van der Waals surface area contributed by atoms with Crippen LogP contribution in [0, 0.1) is 11.3 Å². The van der Waals surface area contributed by atoms with Crippen molar-refractivity contribution < 1.29 is 14.3 Å². The van der Waals surface area contributed by atoms with Gasteiger partial charge < -0.3 is 19.7 Å². The van der Waals surface area contributed by atoms with Crippen LogP contribution in [0.2, 0.25) is 0 Å². The molecular weight excluding hydrogens is 316 g/mol. The van der Waals surface area contributed by atoms with E-state index in [9.17, 15) is 4.79 Å². The summed E-state index contributed by atoms with van der Waals surface area (Å²) in [6.45, 7) is 16.0. The van der Waals surface area contributed by atoms with E-state index < -0.39 is 5.60 Å². The average molecular weight is 357 g/mol. The molecule has 1 rings (SSSR count). The Hall–Kier alpha value is -0.810. The largest absolute Gasteiger partial charge is 0.444 e. The first-order valence-electron chi connectivity index (χ1n) is 9.76. The molecule has 0 spiro atoms. The van der Waals surface area contributed by atoms with Gasteiger partial charge >= 0.3 is 6.09 Å². The summed E-state index contributed by atoms with van der Waals surface area (Å²) in [6.07, 6.45) is 4.14. The summed E-state index contributed by atoms with van der Waals surface area (Å²) in [5.74, 6) is 0.678. The van der Waals surface area contributed by atoms with Crippen LogP contribution in [0.1, 0.15) is 67.2 Å². The minimum absolute atomic E-state index is 0.203. The Morgan fingerprint density at radius 3 is 2.32 bits per heavy atom. The zero-order valence-corrected chi connectivity index (χ0v) is 17.5. The Kier molecular flexibility index (Phi) is 8.69. The quantitative estimate of drug-likeness (QED) is 0.712. The fraction of sp³-hybridized carbons (Fsp3) is 0.950. The van der Waals surface area contributed by atoms with Gasteiger partial charge in [0.2, 0.25) is 0 Å². The van der Waals surface area contributed by atoms with Crippen LogP contribution >= 0.6 is 0 Å². The first-order chi connectivity index (χ1) is 11.5. The topological polar surface area (TPSA) is 50.8 Å². The van der Waals surface area contributed by atoms with Crippen molar-refractivity contribution in [3.63, 3.8) is 0 Å². The highest BCUT2D eigenvalue weighted by Crippen LogP contribution is 2.29. The number of hydrogen-bond donors (Lipinski definition) is 1. The molecule has 1 saturated heterocycles. The molecule has 0 radical (unpaired) electrons. The molecule has 1 heterocycles. The third-order valence-corrected chi connectivity index (χ3v) is 4.68. The molecule has 1 N–H and O–H groups in total. The van der Waals surface area contributed by atoms with Gasteiger partial charge in [0.05, 0.1) is 6.10 Å². The van der Waals surface area contributed by atoms with E-state index in [-0.39, 0.29) is 12.2 Å². The fourth-order valence-corrected chi connectivity index (χ4v) is 3.50. The maximum atomic E-state index is 12.1. The third kappa shape index (κ3) is 9.45. The van der Waals surface area contributed by atoms with Crippen molar-refractivity contribution in [1.29, 1.82) is 0 Å². The summed E-state index contributed by atoms with van der Waals surface area (Å²) < 4.78 is 11.5. The lowest BCUT2D eigenvalue weighted by Crippen LogP contribution is -2.43. The first kappa shape index (κ1) is 22.2. The van der Waals surface area contributed by atoms with E-state index in [1.807, 2.05) is 27.8 Å². The molecule has 1 fully saturated rings. The molecule has 0 aromatic heterocycles. The first-order valence-corrected chi connectivity index (χ1v) is 9.76. The van der Waals surface area contributed by atoms with Gasteiger partial charge in [-0.1, -0.05) is 20.8 Å². The lowest BCUT2D eigenvalue weighted by molar-refractivity contribution is -0.0181. The second-order valence-corrected chi connectivity index (χ2v) is 9.32. The standard InChI is InChI=1S/C20H40N2O3/c1-16(15-21-7)14-20(5,6)10-13-24-17-8-11-22(12-9-17)18(23)25-19(2,3)4/h16-17,21H,8-15H2,1-7H3. The van der Waals surface area contributed by atoms with Gasteiger partial charge in [-0.25, -0.2) is 4.79 Å². The number of piperidine rings is 1. The molecule has 5 nitrogen and oxygen atoms in total. The molecule has 1 unspecified atom stereocenters. The second kappa shape index (κ2) is 9.77. The summed E-state index contributed by atoms with van der Waals surface area (Å²) in [7, 11) is 2.01. The summed E-state index contributed by atoms with van der Waals surface area (Å²) in [6, 6.07) is 0. The van der Waals surface area contributed by atoms with Gasteiger partial charge in [-0.3, -0.25) is 0 Å². The Morgan fingerprint density at radius 2 is 1.80 bits per heavy atom. The second-order valence-electron chi connectivity index (χ2n) is 9.32. The van der Waals surface area contributed by atoms with Gasteiger partial charge in [0.15, 0.2) is 0 Å². The van der Waals surface area contributed by atoms with Crippen molar-refractivity contribution in [3.05, 3.63) is 0 Å². The molecule has 1 aliphatic heterocycles. The number of ether oxygens (including phenoxy) is 2. The van der Waals surface area contributed by atoms with Gasteiger partial charge in [0, 0.05) is 19.7 Å². The Balaban J connectivity index is 2.25. The average Bonchev–Trinajstić information content (AvgIpc) is 2.45. The molecule has 0 saturated carbocycles. The highest BCUT2D eigenvalue weighted by atomic mass is 16.6. The number of likely N-dealkylation sites (tertiary alicyclic amines) is 1. The van der Waals surface area contributed by atoms with Gasteiger partial charge in [-0.05, 0) is 71.4 Å². The van der Waals surface area contributed by atoms with Crippen LogP contribution in [0.15, 0.2) is 0 Å². The molecule has 25 heavy (non-hydrogen) atoms. The van der Waals surface area contributed by atoms with Crippen LogP contribution in [0.4, 0.5) is 4.79 Å². The van der Waals surface area contributed by atoms with Gasteiger partial charge in [0.1, 0.15) is 5.60 Å². The SMILES string of the molecule is CNCC(C)CC(C)(C)CCOC1CCN(C(=O)OC(C)(C)C)CC1. The number of nitrogens with one attached hydrogen (secondary N) is 1. The molecule has 1 amide bonds. The normalized spacial score (nSPS) is 18.3. The predicted octanol–water partition coefficient (Wildman–Crippen LogP) is 4.06. The van der Waals surface area contributed by atoms with Crippen LogP contribution < -0.4 is 5.32 Å². The molecule has 0 bridgehead atoms. The number of carbonyl (C=O) groups excluding carboxylic acids is 1. The van der Waals surface area contributed by atoms with Gasteiger partial charge in [-0.2, -0.15) is 0 Å². The molecule has 1 aliphatic rings. The molecule has 0 aromatic carbocycles. The van der Waals surface area contributed by atoms with Crippen LogP contribution in [0.5, 0.6) is 0 Å². The van der Waals surface area contributed by atoms with Crippen molar-refractivity contribution >= 4 is 6.09 Å². The van der Waals surface area contributed by atoms with Crippen molar-refractivity contribution in [2.75, 3.05) is 33.3 Å². The maximum Gasteiger partial charge on any atom is 0.410 e. The van der Waals surface area contributed by atoms with Crippen LogP contribution in [0.3, 0.4) is 0 Å². The van der Waals surface area contributed by atoms with E-state index in [1.165, 1.54) is 6.42 Å². The molecular formula is C20H40N2O3. The molecule has 5 heteroatoms. The van der Waals surface area contributed by atoms with Crippen LogP contribution in [-0.4, -0.2) is 56.0 Å². The van der Waals surface area contributed by atoms with Crippen molar-refractivity contribution in [3.8, 4) is 0 Å². The highest BCUT2D eigenvalue weighted by molar-refractivity contribution is 5.68. The molecule has 1 atom stereocenters. The smallest absolute Gasteiger partial charge is 0.410 e. The summed E-state index contributed by atoms with van der Waals surface area (Å²) in [5.41, 5.74) is -0.131. The maximum absolute atomic E-state index is 12.1. The monoisotopic (exact) mass is 356 g/mol. The number of amides is 1. The molecule has 0 aliphatic carbocycles. The zero-order valence-electron chi connectivity index (χ0n) is 17.5. The van der Waals surface area contributed by atoms with E-state index in [1.54, 1.807) is 4.90 Å². The Bertz CT molecular complexity index is 396. The van der Waals surface area contributed by atoms with E-state index in [2.05, 4.69) is 26.1 Å². The van der Waals surface area contributed by atoms with Gasteiger partial charge in [-0.15, -0.1) is 0 Å². The summed E-state index contributed by atoms with van der Waals surface area (Å²) >= 11 is 0. The molecule has 148 valence electrons. The van der Waals surface area contributed by atoms with E-state index >= 15 is 0 Å². The third-order valence-electron chi connectivity index (χ3n) is 4.68. The number of nitrogens with zero attached hydrogens (tertiary/aromatic N) is 1. The summed E-state index contributed by atoms with van der Waals surface area (Å²) in [4.78, 5) is 13.9. The Labute approximate surface area is 154 Å². The number of rotatable bonds is 8. The fourth-order valence-electron chi connectivity index (χ4n) is 3.50. The predicted molar refractivity (Wildman–Crippen MR) is 103 cm³/mol. The highest BCUT2D eigenvalue weighted by Gasteiger charge is 2.28. The van der Waals surface area contributed by atoms with Crippen LogP contribution in [-0.2, 0) is 9.47 Å². The minimum atomic E-state index is -0.430. The van der Waals surface area contributed by atoms with E-state index in [0.717, 1.165) is 45.5 Å². The number of carbonyl (C=O) groups is 1. The van der Waals surface area contributed by atoms with Crippen molar-refractivity contribution in [2.24, 2.45) is 11.3 Å². The Morgan fingerprint density at radius 1 is 1.20 bits per heavy atom. The van der Waals surface area contributed by atoms with Crippen molar-refractivity contribution in [2.45, 2.75) is 78.9 Å². The summed E-state index contributed by atoms with van der Waals surface area (Å²) in [5, 5.41) is 3.25. The minimum Gasteiger partial charge on any atom is -0.444 e. The van der Waals surface area contributed by atoms with Crippen molar-refractivity contribution in [1.82, 2.24) is 10.2 Å². The molecule has 0 aromatic rings. The number of hydrogen-bond acceptors (Lipinski definition) is 4. The zero-order chi connectivity index (χ0) is 19.1. The van der Waals surface area contributed by atoms with Crippen LogP contribution in [0.25, 0.3) is 0 Å².